The van der Waals surface area contributed by atoms with Crippen molar-refractivity contribution in [1.29, 1.82) is 0 Å². The summed E-state index contributed by atoms with van der Waals surface area (Å²) in [7, 11) is 0. The number of carbonyl (C=O) groups excluding carboxylic acids is 3. The molecule has 0 aliphatic rings. The molecule has 0 spiro atoms. The van der Waals surface area contributed by atoms with Crippen molar-refractivity contribution in [3.8, 4) is 5.75 Å². The quantitative estimate of drug-likeness (QED) is 0.453. The summed E-state index contributed by atoms with van der Waals surface area (Å²) < 4.78 is 15.6. The summed E-state index contributed by atoms with van der Waals surface area (Å²) in [5.41, 5.74) is 0. The van der Waals surface area contributed by atoms with E-state index in [1.807, 2.05) is 0 Å². The Kier molecular flexibility index (Phi) is 5.74. The Morgan fingerprint density at radius 3 is 1.68 bits per heavy atom. The summed E-state index contributed by atoms with van der Waals surface area (Å²) in [4.78, 5) is 32.7. The van der Waals surface area contributed by atoms with Crippen molar-refractivity contribution in [2.45, 2.75) is 20.8 Å². The van der Waals surface area contributed by atoms with Crippen LogP contribution in [-0.2, 0) is 20.5 Å². The van der Waals surface area contributed by atoms with Gasteiger partial charge in [-0.25, -0.2) is 0 Å². The molecule has 0 aromatic heterocycles. The molecule has 0 heterocycles. The van der Waals surface area contributed by atoms with Gasteiger partial charge >= 0.3 is 118 Å². The minimum atomic E-state index is -2.79. The Labute approximate surface area is 118 Å². The first kappa shape index (κ1) is 15.4. The Balaban J connectivity index is 2.86. The fraction of sp³-hybridized carbons (Fsp3) is 0.250. The molecule has 1 aromatic rings. The van der Waals surface area contributed by atoms with Crippen LogP contribution in [0, 0.1) is 3.57 Å². The van der Waals surface area contributed by atoms with Crippen molar-refractivity contribution >= 4 is 38.6 Å². The number of ether oxygens (including phenoxy) is 1. The molecule has 0 saturated carbocycles. The first-order valence-electron chi connectivity index (χ1n) is 5.25. The molecule has 0 bridgehead atoms. The molecular weight excluding hydrogens is 367 g/mol. The molecule has 6 nitrogen and oxygen atoms in total. The molecule has 0 amide bonds. The second-order valence-electron chi connectivity index (χ2n) is 3.40. The van der Waals surface area contributed by atoms with Crippen LogP contribution in [0.5, 0.6) is 5.75 Å². The molecule has 0 saturated heterocycles. The summed E-state index contributed by atoms with van der Waals surface area (Å²) in [5, 5.41) is 0. The van der Waals surface area contributed by atoms with Gasteiger partial charge in [0.1, 0.15) is 0 Å². The monoisotopic (exact) mass is 380 g/mol. The number of esters is 1. The molecule has 1 rings (SSSR count). The van der Waals surface area contributed by atoms with Gasteiger partial charge in [0.15, 0.2) is 0 Å². The average molecular weight is 380 g/mol. The van der Waals surface area contributed by atoms with Gasteiger partial charge in [-0.1, -0.05) is 0 Å². The Morgan fingerprint density at radius 1 is 0.842 bits per heavy atom. The average Bonchev–Trinajstić information content (AvgIpc) is 2.27. The van der Waals surface area contributed by atoms with Crippen molar-refractivity contribution in [3.05, 3.63) is 27.8 Å². The Bertz CT molecular complexity index is 465. The summed E-state index contributed by atoms with van der Waals surface area (Å²) in [6.07, 6.45) is 0. The van der Waals surface area contributed by atoms with Crippen LogP contribution >= 0.6 is 20.6 Å². The van der Waals surface area contributed by atoms with E-state index < -0.39 is 38.6 Å². The zero-order valence-electron chi connectivity index (χ0n) is 10.6. The van der Waals surface area contributed by atoms with E-state index >= 15 is 0 Å². The first-order valence-corrected chi connectivity index (χ1v) is 8.09. The number of benzene rings is 1. The normalized spacial score (nSPS) is 10.4. The standard InChI is InChI=1S/C12H13IO6/c1-8(14)17-12-6-4-11(5-7-12)13(18-9(2)15)19-10(3)16/h4-7H,1-3H3. The number of hydrogen-bond donors (Lipinski definition) is 0. The maximum atomic E-state index is 11.0. The number of halogens is 1. The molecule has 1 aromatic carbocycles. The molecule has 0 aliphatic heterocycles. The molecule has 0 unspecified atom stereocenters. The van der Waals surface area contributed by atoms with E-state index in [0.717, 1.165) is 0 Å². The fourth-order valence-corrected chi connectivity index (χ4v) is 3.75. The third-order valence-corrected chi connectivity index (χ3v) is 5.39. The van der Waals surface area contributed by atoms with Crippen LogP contribution in [0.1, 0.15) is 20.8 Å². The number of carbonyl (C=O) groups is 3. The number of hydrogen-bond acceptors (Lipinski definition) is 6. The molecule has 0 N–H and O–H groups in total. The predicted octanol–water partition coefficient (Wildman–Crippen LogP) is 2.24. The molecule has 7 heteroatoms. The van der Waals surface area contributed by atoms with E-state index in [0.29, 0.717) is 9.32 Å². The molecule has 0 atom stereocenters. The minimum absolute atomic E-state index is 0.373. The van der Waals surface area contributed by atoms with E-state index in [-0.39, 0.29) is 0 Å². The molecule has 0 radical (unpaired) electrons. The van der Waals surface area contributed by atoms with Crippen molar-refractivity contribution in [3.63, 3.8) is 0 Å². The zero-order valence-corrected chi connectivity index (χ0v) is 12.8. The van der Waals surface area contributed by atoms with Gasteiger partial charge in [0.2, 0.25) is 0 Å². The third-order valence-electron chi connectivity index (χ3n) is 1.61. The summed E-state index contributed by atoms with van der Waals surface area (Å²) in [6.45, 7) is 3.80. The van der Waals surface area contributed by atoms with Crippen molar-refractivity contribution in [2.24, 2.45) is 0 Å². The van der Waals surface area contributed by atoms with Crippen LogP contribution in [0.25, 0.3) is 0 Å². The Morgan fingerprint density at radius 2 is 1.32 bits per heavy atom. The van der Waals surface area contributed by atoms with E-state index in [9.17, 15) is 14.4 Å². The van der Waals surface area contributed by atoms with Gasteiger partial charge in [-0.05, 0) is 0 Å². The Hall–Kier alpha value is -1.64. The molecule has 19 heavy (non-hydrogen) atoms. The van der Waals surface area contributed by atoms with Gasteiger partial charge < -0.3 is 0 Å². The third kappa shape index (κ3) is 5.69. The predicted molar refractivity (Wildman–Crippen MR) is 74.0 cm³/mol. The number of rotatable bonds is 4. The van der Waals surface area contributed by atoms with Crippen molar-refractivity contribution < 1.29 is 25.3 Å². The topological polar surface area (TPSA) is 78.9 Å². The van der Waals surface area contributed by atoms with Gasteiger partial charge in [-0.2, -0.15) is 0 Å². The van der Waals surface area contributed by atoms with Gasteiger partial charge in [-0.15, -0.1) is 0 Å². The van der Waals surface area contributed by atoms with E-state index in [2.05, 4.69) is 0 Å². The van der Waals surface area contributed by atoms with Crippen molar-refractivity contribution in [1.82, 2.24) is 0 Å². The molecular formula is C12H13IO6. The fourth-order valence-electron chi connectivity index (χ4n) is 1.07. The SMILES string of the molecule is CC(=O)Oc1ccc(I(OC(C)=O)OC(C)=O)cc1. The van der Waals surface area contributed by atoms with Crippen LogP contribution in [-0.4, -0.2) is 17.9 Å². The van der Waals surface area contributed by atoms with E-state index in [4.69, 9.17) is 10.9 Å². The molecule has 0 aliphatic carbocycles. The summed E-state index contributed by atoms with van der Waals surface area (Å²) >= 11 is -2.79. The second-order valence-corrected chi connectivity index (χ2v) is 6.77. The van der Waals surface area contributed by atoms with Crippen LogP contribution in [0.2, 0.25) is 0 Å². The van der Waals surface area contributed by atoms with E-state index in [1.165, 1.54) is 20.8 Å². The van der Waals surface area contributed by atoms with Gasteiger partial charge in [-0.3, -0.25) is 0 Å². The van der Waals surface area contributed by atoms with E-state index in [1.54, 1.807) is 24.3 Å². The summed E-state index contributed by atoms with van der Waals surface area (Å²) in [6, 6.07) is 6.31. The van der Waals surface area contributed by atoms with Crippen LogP contribution in [0.15, 0.2) is 24.3 Å². The summed E-state index contributed by atoms with van der Waals surface area (Å²) in [5.74, 6) is -1.06. The zero-order chi connectivity index (χ0) is 14.4. The maximum absolute atomic E-state index is 11.0. The van der Waals surface area contributed by atoms with Gasteiger partial charge in [0, 0.05) is 0 Å². The second kappa shape index (κ2) is 7.07. The first-order chi connectivity index (χ1) is 8.88. The molecule has 0 fully saturated rings. The van der Waals surface area contributed by atoms with Gasteiger partial charge in [0.25, 0.3) is 0 Å². The van der Waals surface area contributed by atoms with Crippen LogP contribution in [0.4, 0.5) is 0 Å². The van der Waals surface area contributed by atoms with Gasteiger partial charge in [0.05, 0.1) is 0 Å². The van der Waals surface area contributed by atoms with Crippen LogP contribution < -0.4 is 4.74 Å². The van der Waals surface area contributed by atoms with Crippen molar-refractivity contribution in [2.75, 3.05) is 0 Å². The molecule has 104 valence electrons. The van der Waals surface area contributed by atoms with Crippen LogP contribution in [0.3, 0.4) is 0 Å².